The van der Waals surface area contributed by atoms with Gasteiger partial charge in [0.25, 0.3) is 0 Å². The van der Waals surface area contributed by atoms with E-state index in [2.05, 4.69) is 21.5 Å². The SMILES string of the molecule is CNC(=S)C1(c2cccnc2)CCCCC1=NOC. The first-order valence-corrected chi connectivity index (χ1v) is 6.89. The van der Waals surface area contributed by atoms with E-state index in [1.54, 1.807) is 13.3 Å². The number of likely N-dealkylation sites (N-methyl/N-ethyl adjacent to an activating group) is 1. The molecular weight excluding hydrogens is 258 g/mol. The molecule has 1 aromatic heterocycles. The largest absolute Gasteiger partial charge is 0.399 e. The Labute approximate surface area is 119 Å². The van der Waals surface area contributed by atoms with E-state index in [-0.39, 0.29) is 5.41 Å². The van der Waals surface area contributed by atoms with E-state index in [0.29, 0.717) is 0 Å². The Morgan fingerprint density at radius 1 is 1.53 bits per heavy atom. The van der Waals surface area contributed by atoms with Crippen LogP contribution in [0.2, 0.25) is 0 Å². The van der Waals surface area contributed by atoms with E-state index in [0.717, 1.165) is 41.9 Å². The molecule has 1 aromatic rings. The van der Waals surface area contributed by atoms with Crippen LogP contribution in [0.3, 0.4) is 0 Å². The van der Waals surface area contributed by atoms with Crippen molar-refractivity contribution in [2.75, 3.05) is 14.2 Å². The Balaban J connectivity index is 2.56. The monoisotopic (exact) mass is 277 g/mol. The summed E-state index contributed by atoms with van der Waals surface area (Å²) in [7, 11) is 3.44. The normalized spacial score (nSPS) is 25.1. The van der Waals surface area contributed by atoms with Crippen molar-refractivity contribution in [2.24, 2.45) is 5.16 Å². The third-order valence-corrected chi connectivity index (χ3v) is 4.23. The molecule has 2 rings (SSSR count). The Morgan fingerprint density at radius 2 is 2.37 bits per heavy atom. The molecule has 0 amide bonds. The molecule has 1 unspecified atom stereocenters. The molecule has 0 aliphatic heterocycles. The number of aromatic nitrogens is 1. The van der Waals surface area contributed by atoms with Gasteiger partial charge in [0.2, 0.25) is 0 Å². The summed E-state index contributed by atoms with van der Waals surface area (Å²) < 4.78 is 0. The van der Waals surface area contributed by atoms with Crippen molar-refractivity contribution in [2.45, 2.75) is 31.1 Å². The fourth-order valence-corrected chi connectivity index (χ4v) is 3.13. The van der Waals surface area contributed by atoms with Crippen LogP contribution in [0.15, 0.2) is 29.7 Å². The van der Waals surface area contributed by atoms with E-state index in [1.807, 2.05) is 19.3 Å². The second-order valence-corrected chi connectivity index (χ2v) is 5.06. The maximum absolute atomic E-state index is 5.59. The molecule has 1 heterocycles. The number of nitrogens with zero attached hydrogens (tertiary/aromatic N) is 2. The molecule has 0 saturated heterocycles. The molecule has 102 valence electrons. The van der Waals surface area contributed by atoms with Gasteiger partial charge in [0.15, 0.2) is 0 Å². The summed E-state index contributed by atoms with van der Waals surface area (Å²) >= 11 is 5.59. The van der Waals surface area contributed by atoms with Crippen molar-refractivity contribution < 1.29 is 4.84 Å². The van der Waals surface area contributed by atoms with Crippen molar-refractivity contribution in [1.29, 1.82) is 0 Å². The summed E-state index contributed by atoms with van der Waals surface area (Å²) in [5, 5.41) is 7.37. The van der Waals surface area contributed by atoms with Crippen LogP contribution in [0.1, 0.15) is 31.2 Å². The highest BCUT2D eigenvalue weighted by atomic mass is 32.1. The molecule has 5 heteroatoms. The van der Waals surface area contributed by atoms with Crippen LogP contribution in [0.4, 0.5) is 0 Å². The fraction of sp³-hybridized carbons (Fsp3) is 0.500. The minimum atomic E-state index is -0.368. The summed E-state index contributed by atoms with van der Waals surface area (Å²) in [4.78, 5) is 10.1. The van der Waals surface area contributed by atoms with Gasteiger partial charge in [0, 0.05) is 19.4 Å². The standard InChI is InChI=1S/C14H19N3OS/c1-15-13(19)14(11-6-5-9-16-10-11)8-4-3-7-12(14)17-18-2/h5-6,9-10H,3-4,7-8H2,1-2H3,(H,15,19). The zero-order valence-electron chi connectivity index (χ0n) is 11.3. The van der Waals surface area contributed by atoms with Gasteiger partial charge in [0.05, 0.1) is 16.1 Å². The Bertz CT molecular complexity index is 475. The predicted octanol–water partition coefficient (Wildman–Crippen LogP) is 2.44. The van der Waals surface area contributed by atoms with E-state index >= 15 is 0 Å². The highest BCUT2D eigenvalue weighted by Crippen LogP contribution is 2.38. The average molecular weight is 277 g/mol. The van der Waals surface area contributed by atoms with Crippen LogP contribution in [0, 0.1) is 0 Å². The van der Waals surface area contributed by atoms with Gasteiger partial charge in [-0.05, 0) is 30.9 Å². The Morgan fingerprint density at radius 3 is 3.00 bits per heavy atom. The second-order valence-electron chi connectivity index (χ2n) is 4.65. The third kappa shape index (κ3) is 2.47. The molecule has 0 bridgehead atoms. The van der Waals surface area contributed by atoms with Crippen LogP contribution < -0.4 is 5.32 Å². The van der Waals surface area contributed by atoms with Crippen LogP contribution in [0.25, 0.3) is 0 Å². The van der Waals surface area contributed by atoms with Crippen molar-refractivity contribution in [3.8, 4) is 0 Å². The van der Waals surface area contributed by atoms with Crippen molar-refractivity contribution in [1.82, 2.24) is 10.3 Å². The fourth-order valence-electron chi connectivity index (χ4n) is 2.79. The lowest BCUT2D eigenvalue weighted by molar-refractivity contribution is 0.208. The first-order valence-electron chi connectivity index (χ1n) is 6.49. The first kappa shape index (κ1) is 13.9. The molecule has 0 spiro atoms. The van der Waals surface area contributed by atoms with Gasteiger partial charge in [-0.25, -0.2) is 0 Å². The molecule has 19 heavy (non-hydrogen) atoms. The summed E-state index contributed by atoms with van der Waals surface area (Å²) in [6.45, 7) is 0. The highest BCUT2D eigenvalue weighted by molar-refractivity contribution is 7.80. The van der Waals surface area contributed by atoms with Crippen LogP contribution in [-0.2, 0) is 10.3 Å². The summed E-state index contributed by atoms with van der Waals surface area (Å²) in [5.74, 6) is 0. The smallest absolute Gasteiger partial charge is 0.106 e. The number of hydrogen-bond donors (Lipinski definition) is 1. The van der Waals surface area contributed by atoms with Crippen molar-refractivity contribution in [3.63, 3.8) is 0 Å². The molecule has 1 aliphatic carbocycles. The molecule has 0 radical (unpaired) electrons. The molecule has 4 nitrogen and oxygen atoms in total. The predicted molar refractivity (Wildman–Crippen MR) is 80.5 cm³/mol. The minimum absolute atomic E-state index is 0.368. The van der Waals surface area contributed by atoms with Gasteiger partial charge in [-0.1, -0.05) is 29.9 Å². The average Bonchev–Trinajstić information content (AvgIpc) is 2.48. The first-order chi connectivity index (χ1) is 9.25. The maximum atomic E-state index is 5.59. The quantitative estimate of drug-likeness (QED) is 0.681. The highest BCUT2D eigenvalue weighted by Gasteiger charge is 2.44. The molecule has 1 aliphatic rings. The van der Waals surface area contributed by atoms with Gasteiger partial charge >= 0.3 is 0 Å². The maximum Gasteiger partial charge on any atom is 0.106 e. The summed E-state index contributed by atoms with van der Waals surface area (Å²) in [6.07, 6.45) is 7.75. The number of oxime groups is 1. The minimum Gasteiger partial charge on any atom is -0.399 e. The number of pyridine rings is 1. The molecule has 0 aromatic carbocycles. The van der Waals surface area contributed by atoms with Crippen molar-refractivity contribution >= 4 is 22.9 Å². The van der Waals surface area contributed by atoms with Gasteiger partial charge in [-0.2, -0.15) is 0 Å². The van der Waals surface area contributed by atoms with Gasteiger partial charge in [-0.3, -0.25) is 4.98 Å². The number of nitrogens with one attached hydrogen (secondary N) is 1. The molecule has 1 atom stereocenters. The Kier molecular flexibility index (Phi) is 4.47. The topological polar surface area (TPSA) is 46.5 Å². The molecule has 1 N–H and O–H groups in total. The van der Waals surface area contributed by atoms with E-state index in [9.17, 15) is 0 Å². The number of hydrogen-bond acceptors (Lipinski definition) is 4. The molecule has 1 saturated carbocycles. The van der Waals surface area contributed by atoms with E-state index in [1.165, 1.54) is 0 Å². The molecular formula is C14H19N3OS. The lowest BCUT2D eigenvalue weighted by Crippen LogP contribution is -2.50. The number of rotatable bonds is 3. The van der Waals surface area contributed by atoms with Crippen molar-refractivity contribution in [3.05, 3.63) is 30.1 Å². The van der Waals surface area contributed by atoms with Gasteiger partial charge in [-0.15, -0.1) is 0 Å². The third-order valence-electron chi connectivity index (χ3n) is 3.68. The van der Waals surface area contributed by atoms with Crippen LogP contribution >= 0.6 is 12.2 Å². The van der Waals surface area contributed by atoms with Crippen LogP contribution in [-0.4, -0.2) is 29.8 Å². The Hall–Kier alpha value is -1.49. The zero-order valence-corrected chi connectivity index (χ0v) is 12.2. The van der Waals surface area contributed by atoms with Gasteiger partial charge < -0.3 is 10.2 Å². The number of thiocarbonyl (C=S) groups is 1. The lowest BCUT2D eigenvalue weighted by Gasteiger charge is -2.38. The summed E-state index contributed by atoms with van der Waals surface area (Å²) in [6, 6.07) is 4.00. The lowest BCUT2D eigenvalue weighted by atomic mass is 9.68. The second kappa shape index (κ2) is 6.10. The van der Waals surface area contributed by atoms with E-state index in [4.69, 9.17) is 17.1 Å². The zero-order chi connectivity index (χ0) is 13.7. The summed E-state index contributed by atoms with van der Waals surface area (Å²) in [5.41, 5.74) is 1.71. The van der Waals surface area contributed by atoms with E-state index < -0.39 is 0 Å². The van der Waals surface area contributed by atoms with Crippen LogP contribution in [0.5, 0.6) is 0 Å². The molecule has 1 fully saturated rings. The van der Waals surface area contributed by atoms with Gasteiger partial charge in [0.1, 0.15) is 7.11 Å².